The van der Waals surface area contributed by atoms with Crippen LogP contribution in [0.15, 0.2) is 29.6 Å². The molecule has 0 radical (unpaired) electrons. The summed E-state index contributed by atoms with van der Waals surface area (Å²) in [5.41, 5.74) is 0.433. The topological polar surface area (TPSA) is 133 Å². The summed E-state index contributed by atoms with van der Waals surface area (Å²) in [6, 6.07) is 1.85. The third kappa shape index (κ3) is 4.22. The van der Waals surface area contributed by atoms with Crippen molar-refractivity contribution in [3.05, 3.63) is 39.7 Å². The molecular weight excluding hydrogens is 332 g/mol. The van der Waals surface area contributed by atoms with E-state index in [1.54, 1.807) is 13.8 Å². The Kier molecular flexibility index (Phi) is 5.88. The third-order valence-electron chi connectivity index (χ3n) is 3.44. The Morgan fingerprint density at radius 1 is 1.44 bits per heavy atom. The van der Waals surface area contributed by atoms with E-state index >= 15 is 0 Å². The predicted molar refractivity (Wildman–Crippen MR) is 85.8 cm³/mol. The monoisotopic (exact) mass is 350 g/mol. The maximum Gasteiger partial charge on any atom is 0.406 e. The molecule has 0 unspecified atom stereocenters. The van der Waals surface area contributed by atoms with Gasteiger partial charge < -0.3 is 30.2 Å². The SMILES string of the molecule is CCOC(=O)C1=C(COc2cccnc2[N+](=O)[O-])NC(=O)N[C@H]1CC. The van der Waals surface area contributed by atoms with Gasteiger partial charge in [-0.3, -0.25) is 0 Å². The van der Waals surface area contributed by atoms with Gasteiger partial charge in [0.1, 0.15) is 12.8 Å². The number of hydrogen-bond donors (Lipinski definition) is 2. The average molecular weight is 350 g/mol. The number of rotatable bonds is 7. The number of nitrogens with zero attached hydrogens (tertiary/aromatic N) is 2. The van der Waals surface area contributed by atoms with Crippen molar-refractivity contribution in [2.24, 2.45) is 0 Å². The normalized spacial score (nSPS) is 16.7. The molecule has 2 rings (SSSR count). The summed E-state index contributed by atoms with van der Waals surface area (Å²) in [5.74, 6) is -1.10. The lowest BCUT2D eigenvalue weighted by molar-refractivity contribution is -0.390. The van der Waals surface area contributed by atoms with E-state index in [1.807, 2.05) is 0 Å². The second kappa shape index (κ2) is 8.08. The van der Waals surface area contributed by atoms with Crippen LogP contribution in [0.25, 0.3) is 0 Å². The molecule has 0 fully saturated rings. The van der Waals surface area contributed by atoms with Gasteiger partial charge in [-0.05, 0) is 35.4 Å². The van der Waals surface area contributed by atoms with Gasteiger partial charge in [0.15, 0.2) is 0 Å². The Hall–Kier alpha value is -3.17. The summed E-state index contributed by atoms with van der Waals surface area (Å²) in [6.45, 7) is 3.41. The molecule has 0 aromatic carbocycles. The minimum absolute atomic E-state index is 0.0657. The quantitative estimate of drug-likeness (QED) is 0.430. The molecule has 10 nitrogen and oxygen atoms in total. The highest BCUT2D eigenvalue weighted by atomic mass is 16.6. The van der Waals surface area contributed by atoms with E-state index in [1.165, 1.54) is 18.3 Å². The summed E-state index contributed by atoms with van der Waals surface area (Å²) < 4.78 is 10.5. The van der Waals surface area contributed by atoms with Crippen molar-refractivity contribution in [1.29, 1.82) is 0 Å². The van der Waals surface area contributed by atoms with Gasteiger partial charge >= 0.3 is 17.8 Å². The van der Waals surface area contributed by atoms with Gasteiger partial charge in [0.2, 0.25) is 5.75 Å². The fourth-order valence-corrected chi connectivity index (χ4v) is 2.36. The molecule has 2 amide bonds. The zero-order valence-electron chi connectivity index (χ0n) is 13.8. The molecule has 0 bridgehead atoms. The molecule has 0 saturated carbocycles. The van der Waals surface area contributed by atoms with Crippen molar-refractivity contribution in [3.63, 3.8) is 0 Å². The summed E-state index contributed by atoms with van der Waals surface area (Å²) in [7, 11) is 0. The van der Waals surface area contributed by atoms with E-state index < -0.39 is 28.8 Å². The van der Waals surface area contributed by atoms with E-state index in [-0.39, 0.29) is 30.2 Å². The second-order valence-electron chi connectivity index (χ2n) is 5.04. The molecule has 1 atom stereocenters. The van der Waals surface area contributed by atoms with E-state index in [2.05, 4.69) is 15.6 Å². The fraction of sp³-hybridized carbons (Fsp3) is 0.400. The lowest BCUT2D eigenvalue weighted by atomic mass is 10.0. The zero-order chi connectivity index (χ0) is 18.4. The average Bonchev–Trinajstić information content (AvgIpc) is 2.59. The van der Waals surface area contributed by atoms with Gasteiger partial charge in [-0.15, -0.1) is 0 Å². The molecule has 0 saturated heterocycles. The minimum Gasteiger partial charge on any atom is -0.479 e. The van der Waals surface area contributed by atoms with Crippen LogP contribution in [0.2, 0.25) is 0 Å². The number of nitro groups is 1. The molecule has 1 aromatic rings. The molecule has 0 aliphatic carbocycles. The van der Waals surface area contributed by atoms with Crippen LogP contribution in [0.1, 0.15) is 20.3 Å². The second-order valence-corrected chi connectivity index (χ2v) is 5.04. The Morgan fingerprint density at radius 3 is 2.84 bits per heavy atom. The number of pyridine rings is 1. The first-order valence-electron chi connectivity index (χ1n) is 7.67. The number of urea groups is 1. The largest absolute Gasteiger partial charge is 0.479 e. The number of carbonyl (C=O) groups is 2. The van der Waals surface area contributed by atoms with Crippen LogP contribution in [0, 0.1) is 10.1 Å². The number of carbonyl (C=O) groups excluding carboxylic acids is 2. The molecule has 25 heavy (non-hydrogen) atoms. The summed E-state index contributed by atoms with van der Waals surface area (Å²) in [5, 5.41) is 16.1. The highest BCUT2D eigenvalue weighted by Gasteiger charge is 2.32. The lowest BCUT2D eigenvalue weighted by Crippen LogP contribution is -2.51. The highest BCUT2D eigenvalue weighted by molar-refractivity contribution is 5.94. The van der Waals surface area contributed by atoms with Crippen LogP contribution >= 0.6 is 0 Å². The number of aromatic nitrogens is 1. The maximum atomic E-state index is 12.2. The Bertz CT molecular complexity index is 718. The molecular formula is C15H18N4O6. The minimum atomic E-state index is -0.675. The van der Waals surface area contributed by atoms with Crippen LogP contribution in [0.4, 0.5) is 10.6 Å². The Morgan fingerprint density at radius 2 is 2.20 bits per heavy atom. The molecule has 10 heteroatoms. The van der Waals surface area contributed by atoms with Crippen LogP contribution in [-0.2, 0) is 9.53 Å². The first-order chi connectivity index (χ1) is 12.0. The first kappa shape index (κ1) is 18.2. The van der Waals surface area contributed by atoms with Crippen molar-refractivity contribution < 1.29 is 24.0 Å². The number of hydrogen-bond acceptors (Lipinski definition) is 7. The van der Waals surface area contributed by atoms with Crippen LogP contribution in [-0.4, -0.2) is 41.2 Å². The number of esters is 1. The molecule has 1 aliphatic rings. The Labute approximate surface area is 143 Å². The number of ether oxygens (including phenoxy) is 2. The van der Waals surface area contributed by atoms with Crippen molar-refractivity contribution >= 4 is 17.8 Å². The van der Waals surface area contributed by atoms with Crippen LogP contribution in [0.3, 0.4) is 0 Å². The third-order valence-corrected chi connectivity index (χ3v) is 3.44. The van der Waals surface area contributed by atoms with E-state index in [0.29, 0.717) is 6.42 Å². The first-order valence-corrected chi connectivity index (χ1v) is 7.67. The molecule has 2 heterocycles. The summed E-state index contributed by atoms with van der Waals surface area (Å²) in [4.78, 5) is 37.9. The van der Waals surface area contributed by atoms with Gasteiger partial charge in [-0.2, -0.15) is 0 Å². The van der Waals surface area contributed by atoms with Crippen molar-refractivity contribution in [3.8, 4) is 5.75 Å². The summed E-state index contributed by atoms with van der Waals surface area (Å²) in [6.07, 6.45) is 1.74. The molecule has 1 aromatic heterocycles. The lowest BCUT2D eigenvalue weighted by Gasteiger charge is -2.28. The van der Waals surface area contributed by atoms with Crippen LogP contribution in [0.5, 0.6) is 5.75 Å². The smallest absolute Gasteiger partial charge is 0.406 e. The van der Waals surface area contributed by atoms with Gasteiger partial charge in [0.25, 0.3) is 0 Å². The van der Waals surface area contributed by atoms with Crippen molar-refractivity contribution in [2.75, 3.05) is 13.2 Å². The van der Waals surface area contributed by atoms with E-state index in [9.17, 15) is 19.7 Å². The molecule has 134 valence electrons. The van der Waals surface area contributed by atoms with Gasteiger partial charge in [-0.25, -0.2) is 9.59 Å². The van der Waals surface area contributed by atoms with Gasteiger partial charge in [0, 0.05) is 0 Å². The number of nitrogens with one attached hydrogen (secondary N) is 2. The number of amides is 2. The zero-order valence-corrected chi connectivity index (χ0v) is 13.8. The maximum absolute atomic E-state index is 12.2. The Balaban J connectivity index is 2.30. The van der Waals surface area contributed by atoms with Crippen molar-refractivity contribution in [2.45, 2.75) is 26.3 Å². The van der Waals surface area contributed by atoms with Gasteiger partial charge in [0.05, 0.1) is 23.9 Å². The predicted octanol–water partition coefficient (Wildman–Crippen LogP) is 1.28. The van der Waals surface area contributed by atoms with E-state index in [4.69, 9.17) is 9.47 Å². The van der Waals surface area contributed by atoms with Gasteiger partial charge in [-0.1, -0.05) is 6.92 Å². The molecule has 0 spiro atoms. The summed E-state index contributed by atoms with van der Waals surface area (Å²) >= 11 is 0. The molecule has 2 N–H and O–H groups in total. The molecule has 1 aliphatic heterocycles. The highest BCUT2D eigenvalue weighted by Crippen LogP contribution is 2.24. The van der Waals surface area contributed by atoms with E-state index in [0.717, 1.165) is 0 Å². The standard InChI is InChI=1S/C15H18N4O6/c1-3-9-12(14(20)24-4-2)10(18-15(21)17-9)8-25-11-6-5-7-16-13(11)19(22)23/h5-7,9H,3-4,8H2,1-2H3,(H2,17,18,21)/t9-/m0/s1. The van der Waals surface area contributed by atoms with Crippen molar-refractivity contribution in [1.82, 2.24) is 15.6 Å². The fourth-order valence-electron chi connectivity index (χ4n) is 2.36. The van der Waals surface area contributed by atoms with Crippen LogP contribution < -0.4 is 15.4 Å².